The lowest BCUT2D eigenvalue weighted by molar-refractivity contribution is -0.301. The van der Waals surface area contributed by atoms with Gasteiger partial charge in [0, 0.05) is 13.0 Å². The van der Waals surface area contributed by atoms with E-state index in [0.717, 1.165) is 38.5 Å². The summed E-state index contributed by atoms with van der Waals surface area (Å²) in [7, 11) is -5.06. The molecule has 1 fully saturated rings. The van der Waals surface area contributed by atoms with Gasteiger partial charge in [0.05, 0.1) is 19.8 Å². The van der Waals surface area contributed by atoms with Crippen molar-refractivity contribution in [1.29, 1.82) is 0 Å². The van der Waals surface area contributed by atoms with Crippen LogP contribution in [0.3, 0.4) is 0 Å². The van der Waals surface area contributed by atoms with Gasteiger partial charge in [0.15, 0.2) is 6.29 Å². The molecule has 1 aliphatic heterocycles. The Balaban J connectivity index is 2.38. The van der Waals surface area contributed by atoms with Crippen molar-refractivity contribution in [2.75, 3.05) is 26.4 Å². The topological polar surface area (TPSA) is 178 Å². The Labute approximate surface area is 360 Å². The van der Waals surface area contributed by atoms with Crippen LogP contribution in [-0.4, -0.2) is 97.5 Å². The number of carbonyl (C=O) groups excluding carboxylic acids is 1. The molecule has 59 heavy (non-hydrogen) atoms. The molecule has 352 valence electrons. The van der Waals surface area contributed by atoms with Gasteiger partial charge in [-0.2, -0.15) is 8.42 Å². The van der Waals surface area contributed by atoms with Crippen LogP contribution in [0.15, 0.2) is 0 Å². The number of rotatable bonds is 43. The molecule has 0 aromatic heterocycles. The number of hydrogen-bond acceptors (Lipinski definition) is 11. The fraction of sp³-hybridized carbons (Fsp3) is 0.978. The molecule has 1 aliphatic rings. The Hall–Kier alpha value is -0.900. The van der Waals surface area contributed by atoms with Crippen LogP contribution in [0.4, 0.5) is 0 Å². The summed E-state index contributed by atoms with van der Waals surface area (Å²) in [6, 6.07) is 0. The van der Waals surface area contributed by atoms with E-state index >= 15 is 0 Å². The van der Waals surface area contributed by atoms with Crippen molar-refractivity contribution in [2.24, 2.45) is 0 Å². The summed E-state index contributed by atoms with van der Waals surface area (Å²) in [4.78, 5) is 12.9. The van der Waals surface area contributed by atoms with Crippen LogP contribution in [0.1, 0.15) is 226 Å². The average Bonchev–Trinajstić information content (AvgIpc) is 3.20. The highest BCUT2D eigenvalue weighted by atomic mass is 32.3. The minimum atomic E-state index is -5.06. The minimum absolute atomic E-state index is 0.0449. The number of hydrogen-bond donors (Lipinski definition) is 4. The van der Waals surface area contributed by atoms with Crippen LogP contribution in [0.25, 0.3) is 0 Å². The SMILES string of the molecule is CCCCCCCCCCCCCCCCCCOCC(COC1OC(CO)C(O)C(OS(=O)(=O)O)C1O)OC(=O)CCCCCCCCCCCCCCCCCC. The van der Waals surface area contributed by atoms with Gasteiger partial charge in [0.1, 0.15) is 30.5 Å². The van der Waals surface area contributed by atoms with E-state index in [9.17, 15) is 28.5 Å². The van der Waals surface area contributed by atoms with E-state index in [1.165, 1.54) is 161 Å². The third-order valence-corrected chi connectivity index (χ3v) is 11.9. The minimum Gasteiger partial charge on any atom is -0.457 e. The molecule has 4 N–H and O–H groups in total. The summed E-state index contributed by atoms with van der Waals surface area (Å²) in [6.45, 7) is 4.04. The molecule has 0 spiro atoms. The van der Waals surface area contributed by atoms with Gasteiger partial charge in [-0.15, -0.1) is 0 Å². The smallest absolute Gasteiger partial charge is 0.397 e. The summed E-state index contributed by atoms with van der Waals surface area (Å²) < 4.78 is 59.1. The number of ether oxygens (including phenoxy) is 4. The third-order valence-electron chi connectivity index (χ3n) is 11.5. The summed E-state index contributed by atoms with van der Waals surface area (Å²) in [5.41, 5.74) is 0. The van der Waals surface area contributed by atoms with Crippen molar-refractivity contribution >= 4 is 16.4 Å². The van der Waals surface area contributed by atoms with Gasteiger partial charge in [-0.05, 0) is 12.8 Å². The normalized spacial score (nSPS) is 20.3. The van der Waals surface area contributed by atoms with E-state index in [0.29, 0.717) is 13.0 Å². The van der Waals surface area contributed by atoms with Gasteiger partial charge < -0.3 is 34.3 Å². The first-order valence-electron chi connectivity index (χ1n) is 24.3. The van der Waals surface area contributed by atoms with Crippen LogP contribution < -0.4 is 0 Å². The molecule has 1 rings (SSSR count). The van der Waals surface area contributed by atoms with Crippen molar-refractivity contribution in [1.82, 2.24) is 0 Å². The lowest BCUT2D eigenvalue weighted by atomic mass is 9.99. The molecule has 12 nitrogen and oxygen atoms in total. The van der Waals surface area contributed by atoms with Crippen molar-refractivity contribution in [3.63, 3.8) is 0 Å². The first-order valence-corrected chi connectivity index (χ1v) is 25.7. The molecule has 6 unspecified atom stereocenters. The first kappa shape index (κ1) is 56.1. The molecule has 1 heterocycles. The average molecular weight is 867 g/mol. The number of carbonyl (C=O) groups is 1. The van der Waals surface area contributed by atoms with Gasteiger partial charge in [-0.3, -0.25) is 9.35 Å². The second-order valence-corrected chi connectivity index (χ2v) is 18.1. The molecule has 0 bridgehead atoms. The second-order valence-electron chi connectivity index (χ2n) is 17.1. The molecular formula is C46H90O12S. The Morgan fingerprint density at radius 1 is 0.576 bits per heavy atom. The van der Waals surface area contributed by atoms with Crippen LogP contribution in [0.5, 0.6) is 0 Å². The maximum absolute atomic E-state index is 12.9. The quantitative estimate of drug-likeness (QED) is 0.0259. The summed E-state index contributed by atoms with van der Waals surface area (Å²) in [5.74, 6) is -0.392. The van der Waals surface area contributed by atoms with Gasteiger partial charge in [0.25, 0.3) is 0 Å². The van der Waals surface area contributed by atoms with E-state index in [1.807, 2.05) is 0 Å². The fourth-order valence-corrected chi connectivity index (χ4v) is 8.30. The van der Waals surface area contributed by atoms with E-state index in [1.54, 1.807) is 0 Å². The number of aliphatic hydroxyl groups is 3. The molecule has 13 heteroatoms. The third kappa shape index (κ3) is 32.4. The Kier molecular flexibility index (Phi) is 36.9. The Bertz CT molecular complexity index is 1050. The summed E-state index contributed by atoms with van der Waals surface area (Å²) in [5, 5.41) is 30.7. The highest BCUT2D eigenvalue weighted by molar-refractivity contribution is 7.80. The summed E-state index contributed by atoms with van der Waals surface area (Å²) >= 11 is 0. The fourth-order valence-electron chi connectivity index (χ4n) is 7.79. The predicted octanol–water partition coefficient (Wildman–Crippen LogP) is 10.5. The maximum atomic E-state index is 12.9. The van der Waals surface area contributed by atoms with Gasteiger partial charge in [0.2, 0.25) is 0 Å². The molecule has 1 saturated heterocycles. The number of aliphatic hydroxyl groups excluding tert-OH is 3. The second kappa shape index (κ2) is 38.7. The highest BCUT2D eigenvalue weighted by Gasteiger charge is 2.48. The molecule has 0 aliphatic carbocycles. The largest absolute Gasteiger partial charge is 0.457 e. The molecule has 0 amide bonds. The first-order chi connectivity index (χ1) is 28.6. The molecule has 6 atom stereocenters. The van der Waals surface area contributed by atoms with Crippen LogP contribution >= 0.6 is 0 Å². The van der Waals surface area contributed by atoms with Gasteiger partial charge in [-0.1, -0.05) is 206 Å². The van der Waals surface area contributed by atoms with Crippen molar-refractivity contribution in [3.05, 3.63) is 0 Å². The summed E-state index contributed by atoms with van der Waals surface area (Å²) in [6.07, 6.45) is 31.3. The van der Waals surface area contributed by atoms with Crippen molar-refractivity contribution in [3.8, 4) is 0 Å². The predicted molar refractivity (Wildman–Crippen MR) is 235 cm³/mol. The van der Waals surface area contributed by atoms with Gasteiger partial charge in [-0.25, -0.2) is 4.18 Å². The standard InChI is InChI=1S/C46H90O12S/c1-3-5-7-9-11-13-15-17-19-21-23-25-27-29-31-33-35-42(48)56-40(39-55-46-44(50)45(58-59(51,52)53)43(49)41(37-47)57-46)38-54-36-34-32-30-28-26-24-22-20-18-16-14-12-10-8-6-4-2/h40-41,43-47,49-50H,3-39H2,1-2H3,(H,51,52,53). The molecule has 0 radical (unpaired) electrons. The van der Waals surface area contributed by atoms with Gasteiger partial charge >= 0.3 is 16.4 Å². The highest BCUT2D eigenvalue weighted by Crippen LogP contribution is 2.26. The van der Waals surface area contributed by atoms with E-state index in [2.05, 4.69) is 18.0 Å². The van der Waals surface area contributed by atoms with Crippen LogP contribution in [0.2, 0.25) is 0 Å². The van der Waals surface area contributed by atoms with Crippen LogP contribution in [0, 0.1) is 0 Å². The number of unbranched alkanes of at least 4 members (excludes halogenated alkanes) is 30. The zero-order valence-electron chi connectivity index (χ0n) is 37.6. The monoisotopic (exact) mass is 867 g/mol. The van der Waals surface area contributed by atoms with E-state index < -0.39 is 59.8 Å². The molecule has 0 saturated carbocycles. The van der Waals surface area contributed by atoms with E-state index in [-0.39, 0.29) is 19.6 Å². The van der Waals surface area contributed by atoms with Crippen LogP contribution in [-0.2, 0) is 38.3 Å². The lowest BCUT2D eigenvalue weighted by Crippen LogP contribution is -2.60. The number of esters is 1. The molecule has 0 aromatic carbocycles. The lowest BCUT2D eigenvalue weighted by Gasteiger charge is -2.41. The van der Waals surface area contributed by atoms with E-state index in [4.69, 9.17) is 23.5 Å². The zero-order chi connectivity index (χ0) is 43.2. The Morgan fingerprint density at radius 3 is 1.36 bits per heavy atom. The molecule has 0 aromatic rings. The van der Waals surface area contributed by atoms with Crippen molar-refractivity contribution < 1.29 is 56.2 Å². The molecular weight excluding hydrogens is 777 g/mol. The van der Waals surface area contributed by atoms with Crippen molar-refractivity contribution in [2.45, 2.75) is 263 Å². The maximum Gasteiger partial charge on any atom is 0.397 e. The Morgan fingerprint density at radius 2 is 0.966 bits per heavy atom. The zero-order valence-corrected chi connectivity index (χ0v) is 38.4.